The quantitative estimate of drug-likeness (QED) is 0.346. The third-order valence-electron chi connectivity index (χ3n) is 2.89. The summed E-state index contributed by atoms with van der Waals surface area (Å²) in [6, 6.07) is 4.49. The number of alkyl halides is 3. The van der Waals surface area contributed by atoms with Crippen LogP contribution in [-0.4, -0.2) is 13.2 Å². The Morgan fingerprint density at radius 3 is 1.87 bits per heavy atom. The Balaban J connectivity index is 2.76. The van der Waals surface area contributed by atoms with Crippen LogP contribution >= 0.6 is 18.2 Å². The second-order valence-electron chi connectivity index (χ2n) is 4.93. The maximum atomic E-state index is 12.7. The number of rotatable bonds is 10. The normalized spacial score (nSPS) is 12.6. The molecule has 0 N–H and O–H groups in total. The van der Waals surface area contributed by atoms with Crippen molar-refractivity contribution in [2.45, 2.75) is 50.6 Å². The highest BCUT2D eigenvalue weighted by Crippen LogP contribution is 2.63. The molecule has 1 rings (SSSR count). The SMILES string of the molecule is CCCCOP(=O)(OCCCC)Sc1ccc(C(F)(F)F)cc1. The molecule has 0 fully saturated rings. The Kier molecular flexibility index (Phi) is 8.69. The molecule has 0 bridgehead atoms. The third kappa shape index (κ3) is 7.75. The molecule has 0 aliphatic heterocycles. The molecular weight excluding hydrogens is 348 g/mol. The zero-order chi connectivity index (χ0) is 17.3. The van der Waals surface area contributed by atoms with Crippen LogP contribution < -0.4 is 0 Å². The van der Waals surface area contributed by atoms with Gasteiger partial charge in [0.25, 0.3) is 0 Å². The molecule has 0 aliphatic carbocycles. The average molecular weight is 370 g/mol. The second-order valence-corrected chi connectivity index (χ2v) is 8.89. The highest BCUT2D eigenvalue weighted by Gasteiger charge is 2.31. The van der Waals surface area contributed by atoms with Crippen molar-refractivity contribution < 1.29 is 26.8 Å². The molecule has 23 heavy (non-hydrogen) atoms. The fraction of sp³-hybridized carbons (Fsp3) is 0.600. The molecule has 0 spiro atoms. The van der Waals surface area contributed by atoms with Gasteiger partial charge in [-0.05, 0) is 48.5 Å². The molecule has 0 heterocycles. The molecule has 8 heteroatoms. The van der Waals surface area contributed by atoms with Gasteiger partial charge in [0, 0.05) is 4.90 Å². The first kappa shape index (κ1) is 20.6. The summed E-state index contributed by atoms with van der Waals surface area (Å²) in [6.07, 6.45) is -1.12. The minimum absolute atomic E-state index is 0.299. The summed E-state index contributed by atoms with van der Waals surface area (Å²) in [4.78, 5) is 0.425. The lowest BCUT2D eigenvalue weighted by Gasteiger charge is -2.18. The Morgan fingerprint density at radius 1 is 1.00 bits per heavy atom. The van der Waals surface area contributed by atoms with Gasteiger partial charge in [-0.15, -0.1) is 0 Å². The van der Waals surface area contributed by atoms with Gasteiger partial charge in [-0.1, -0.05) is 26.7 Å². The number of benzene rings is 1. The molecule has 3 nitrogen and oxygen atoms in total. The first-order chi connectivity index (χ1) is 10.8. The van der Waals surface area contributed by atoms with Gasteiger partial charge in [0.2, 0.25) is 0 Å². The first-order valence-corrected chi connectivity index (χ1v) is 10.5. The van der Waals surface area contributed by atoms with E-state index in [1.165, 1.54) is 12.1 Å². The highest BCUT2D eigenvalue weighted by molar-refractivity contribution is 8.55. The Morgan fingerprint density at radius 2 is 1.48 bits per heavy atom. The van der Waals surface area contributed by atoms with Crippen molar-refractivity contribution in [1.82, 2.24) is 0 Å². The third-order valence-corrected chi connectivity index (χ3v) is 6.53. The molecule has 0 saturated carbocycles. The van der Waals surface area contributed by atoms with Gasteiger partial charge in [-0.2, -0.15) is 13.2 Å². The van der Waals surface area contributed by atoms with E-state index in [1.807, 2.05) is 13.8 Å². The van der Waals surface area contributed by atoms with Gasteiger partial charge < -0.3 is 9.05 Å². The van der Waals surface area contributed by atoms with Crippen molar-refractivity contribution in [3.8, 4) is 0 Å². The topological polar surface area (TPSA) is 35.5 Å². The van der Waals surface area contributed by atoms with Crippen LogP contribution in [0, 0.1) is 0 Å². The average Bonchev–Trinajstić information content (AvgIpc) is 2.47. The van der Waals surface area contributed by atoms with E-state index in [9.17, 15) is 17.7 Å². The fourth-order valence-corrected chi connectivity index (χ4v) is 4.87. The number of hydrogen-bond acceptors (Lipinski definition) is 4. The van der Waals surface area contributed by atoms with Crippen LogP contribution in [0.4, 0.5) is 13.2 Å². The van der Waals surface area contributed by atoms with Crippen LogP contribution in [-0.2, 0) is 19.8 Å². The van der Waals surface area contributed by atoms with Gasteiger partial charge in [0.05, 0.1) is 18.8 Å². The molecule has 1 aromatic rings. The van der Waals surface area contributed by atoms with E-state index in [4.69, 9.17) is 9.05 Å². The van der Waals surface area contributed by atoms with Crippen LogP contribution in [0.3, 0.4) is 0 Å². The molecule has 0 amide bonds. The summed E-state index contributed by atoms with van der Waals surface area (Å²) < 4.78 is 61.2. The van der Waals surface area contributed by atoms with E-state index in [0.29, 0.717) is 18.1 Å². The molecule has 0 aliphatic rings. The first-order valence-electron chi connectivity index (χ1n) is 7.56. The molecular formula is C15H22F3O3PS. The van der Waals surface area contributed by atoms with Crippen molar-refractivity contribution >= 4 is 18.2 Å². The van der Waals surface area contributed by atoms with E-state index >= 15 is 0 Å². The smallest absolute Gasteiger partial charge is 0.301 e. The monoisotopic (exact) mass is 370 g/mol. The van der Waals surface area contributed by atoms with E-state index in [2.05, 4.69) is 0 Å². The summed E-state index contributed by atoms with van der Waals surface area (Å²) in [7, 11) is 0. The fourth-order valence-electron chi connectivity index (χ4n) is 1.57. The molecule has 0 radical (unpaired) electrons. The lowest BCUT2D eigenvalue weighted by molar-refractivity contribution is -0.137. The molecule has 0 unspecified atom stereocenters. The summed E-state index contributed by atoms with van der Waals surface area (Å²) in [5.41, 5.74) is -0.740. The van der Waals surface area contributed by atoms with E-state index in [1.54, 1.807) is 0 Å². The van der Waals surface area contributed by atoms with Crippen LogP contribution in [0.5, 0.6) is 0 Å². The highest BCUT2D eigenvalue weighted by atomic mass is 32.7. The minimum Gasteiger partial charge on any atom is -0.301 e. The van der Waals surface area contributed by atoms with Gasteiger partial charge in [0.15, 0.2) is 0 Å². The van der Waals surface area contributed by atoms with Crippen molar-refractivity contribution in [2.75, 3.05) is 13.2 Å². The van der Waals surface area contributed by atoms with Crippen molar-refractivity contribution in [3.63, 3.8) is 0 Å². The van der Waals surface area contributed by atoms with E-state index in [-0.39, 0.29) is 0 Å². The van der Waals surface area contributed by atoms with Gasteiger partial charge >= 0.3 is 13.0 Å². The molecule has 0 atom stereocenters. The largest absolute Gasteiger partial charge is 0.416 e. The summed E-state index contributed by atoms with van der Waals surface area (Å²) >= 11 is 0.855. The van der Waals surface area contributed by atoms with E-state index in [0.717, 1.165) is 49.2 Å². The second kappa shape index (κ2) is 9.72. The van der Waals surface area contributed by atoms with E-state index < -0.39 is 18.5 Å². The van der Waals surface area contributed by atoms with Gasteiger partial charge in [-0.25, -0.2) is 4.57 Å². The summed E-state index contributed by atoms with van der Waals surface area (Å²) in [5, 5.41) is 0. The maximum absolute atomic E-state index is 12.7. The molecule has 1 aromatic carbocycles. The van der Waals surface area contributed by atoms with Crippen LogP contribution in [0.1, 0.15) is 45.1 Å². The Hall–Kier alpha value is -0.490. The standard InChI is InChI=1S/C15H22F3O3PS/c1-3-5-11-20-22(19,21-12-6-4-2)23-14-9-7-13(8-10-14)15(16,17)18/h7-10H,3-6,11-12H2,1-2H3. The van der Waals surface area contributed by atoms with Crippen LogP contribution in [0.15, 0.2) is 29.2 Å². The maximum Gasteiger partial charge on any atom is 0.416 e. The Labute approximate surface area is 139 Å². The molecule has 0 aromatic heterocycles. The number of unbranched alkanes of at least 4 members (excludes halogenated alkanes) is 2. The summed E-state index contributed by atoms with van der Waals surface area (Å²) in [6.45, 7) is 1.14. The van der Waals surface area contributed by atoms with Crippen LogP contribution in [0.2, 0.25) is 0 Å². The Bertz CT molecular complexity index is 492. The van der Waals surface area contributed by atoms with Crippen LogP contribution in [0.25, 0.3) is 0 Å². The predicted molar refractivity (Wildman–Crippen MR) is 86.6 cm³/mol. The minimum atomic E-state index is -4.39. The lowest BCUT2D eigenvalue weighted by Crippen LogP contribution is -2.04. The number of hydrogen-bond donors (Lipinski definition) is 0. The van der Waals surface area contributed by atoms with Crippen molar-refractivity contribution in [2.24, 2.45) is 0 Å². The van der Waals surface area contributed by atoms with Crippen molar-refractivity contribution in [3.05, 3.63) is 29.8 Å². The van der Waals surface area contributed by atoms with Gasteiger partial charge in [0.1, 0.15) is 0 Å². The zero-order valence-corrected chi connectivity index (χ0v) is 15.0. The molecule has 0 saturated heterocycles. The number of halogens is 3. The molecule has 132 valence electrons. The predicted octanol–water partition coefficient (Wildman–Crippen LogP) is 6.54. The lowest BCUT2D eigenvalue weighted by atomic mass is 10.2. The van der Waals surface area contributed by atoms with Gasteiger partial charge in [-0.3, -0.25) is 0 Å². The zero-order valence-electron chi connectivity index (χ0n) is 13.3. The van der Waals surface area contributed by atoms with Crippen molar-refractivity contribution in [1.29, 1.82) is 0 Å². The summed E-state index contributed by atoms with van der Waals surface area (Å²) in [5.74, 6) is 0.